The summed E-state index contributed by atoms with van der Waals surface area (Å²) in [7, 11) is 0. The molecule has 25 heavy (non-hydrogen) atoms. The second kappa shape index (κ2) is 9.17. The van der Waals surface area contributed by atoms with E-state index in [1.165, 1.54) is 11.8 Å². The molecule has 134 valence electrons. The smallest absolute Gasteiger partial charge is 0.348 e. The van der Waals surface area contributed by atoms with Crippen LogP contribution < -0.4 is 5.32 Å². The van der Waals surface area contributed by atoms with Crippen molar-refractivity contribution in [1.82, 2.24) is 4.90 Å². The summed E-state index contributed by atoms with van der Waals surface area (Å²) >= 11 is 7.71. The largest absolute Gasteiger partial charge is 0.462 e. The number of carbonyl (C=O) groups is 2. The van der Waals surface area contributed by atoms with Crippen molar-refractivity contribution in [2.75, 3.05) is 30.8 Å². The van der Waals surface area contributed by atoms with Crippen LogP contribution in [0.4, 0.5) is 5.00 Å². The molecule has 2 heterocycles. The van der Waals surface area contributed by atoms with Crippen molar-refractivity contribution in [3.63, 3.8) is 0 Å². The van der Waals surface area contributed by atoms with E-state index >= 15 is 0 Å². The Morgan fingerprint density at radius 3 is 2.72 bits per heavy atom. The minimum atomic E-state index is -0.480. The number of rotatable bonds is 5. The average molecular weight is 398 g/mol. The maximum Gasteiger partial charge on any atom is 0.348 e. The summed E-state index contributed by atoms with van der Waals surface area (Å²) in [6.45, 7) is 5.53. The highest BCUT2D eigenvalue weighted by atomic mass is 32.2. The number of anilines is 1. The zero-order valence-corrected chi connectivity index (χ0v) is 16.5. The van der Waals surface area contributed by atoms with Crippen molar-refractivity contribution in [2.24, 2.45) is 0 Å². The molecule has 0 spiro atoms. The molecule has 1 aromatic rings. The number of nitrogens with zero attached hydrogens (tertiary/aromatic N) is 2. The molecule has 1 aliphatic rings. The molecule has 0 saturated carbocycles. The fourth-order valence-corrected chi connectivity index (χ4v) is 4.53. The van der Waals surface area contributed by atoms with Crippen molar-refractivity contribution in [2.45, 2.75) is 26.7 Å². The van der Waals surface area contributed by atoms with Crippen molar-refractivity contribution < 1.29 is 14.3 Å². The van der Waals surface area contributed by atoms with E-state index in [1.807, 2.05) is 6.07 Å². The lowest BCUT2D eigenvalue weighted by atomic mass is 10.2. The predicted octanol–water partition coefficient (Wildman–Crippen LogP) is 3.16. The Hall–Kier alpha value is -1.63. The van der Waals surface area contributed by atoms with Gasteiger partial charge in [-0.15, -0.1) is 11.3 Å². The highest BCUT2D eigenvalue weighted by Gasteiger charge is 2.22. The van der Waals surface area contributed by atoms with E-state index in [4.69, 9.17) is 17.0 Å². The van der Waals surface area contributed by atoms with E-state index < -0.39 is 5.97 Å². The predicted molar refractivity (Wildman–Crippen MR) is 104 cm³/mol. The quantitative estimate of drug-likeness (QED) is 0.603. The van der Waals surface area contributed by atoms with Crippen LogP contribution in [-0.4, -0.2) is 46.5 Å². The van der Waals surface area contributed by atoms with Crippen LogP contribution in [0.15, 0.2) is 0 Å². The summed E-state index contributed by atoms with van der Waals surface area (Å²) in [6, 6.07) is 2.04. The van der Waals surface area contributed by atoms with Gasteiger partial charge in [0.2, 0.25) is 5.91 Å². The summed E-state index contributed by atoms with van der Waals surface area (Å²) in [5, 5.41) is 12.4. The van der Waals surface area contributed by atoms with Gasteiger partial charge in [-0.3, -0.25) is 4.79 Å². The molecular weight excluding hydrogens is 378 g/mol. The molecule has 0 aliphatic carbocycles. The maximum atomic E-state index is 12.2. The van der Waals surface area contributed by atoms with Crippen LogP contribution >= 0.6 is 35.3 Å². The molecule has 1 amide bonds. The third kappa shape index (κ3) is 4.93. The Balaban J connectivity index is 2.00. The number of nitriles is 1. The van der Waals surface area contributed by atoms with Crippen molar-refractivity contribution in [3.05, 3.63) is 16.0 Å². The second-order valence-electron chi connectivity index (χ2n) is 5.39. The molecule has 0 aromatic carbocycles. The third-order valence-electron chi connectivity index (χ3n) is 3.66. The number of amides is 1. The minimum Gasteiger partial charge on any atom is -0.462 e. The van der Waals surface area contributed by atoms with E-state index in [2.05, 4.69) is 10.2 Å². The number of carbonyl (C=O) groups excluding carboxylic acids is 2. The number of likely N-dealkylation sites (tertiary alicyclic amines) is 1. The SMILES string of the molecule is CCOC(=O)c1sc(NC(=O)CSC(=S)N2CCCC2)c(C#N)c1C. The Morgan fingerprint density at radius 2 is 2.12 bits per heavy atom. The molecule has 0 atom stereocenters. The molecular formula is C16H19N3O3S3. The number of thiocarbonyl (C=S) groups is 1. The summed E-state index contributed by atoms with van der Waals surface area (Å²) < 4.78 is 5.71. The van der Waals surface area contributed by atoms with Crippen LogP contribution in [0.3, 0.4) is 0 Å². The normalized spacial score (nSPS) is 13.4. The average Bonchev–Trinajstić information content (AvgIpc) is 3.21. The second-order valence-corrected chi connectivity index (χ2v) is 8.02. The van der Waals surface area contributed by atoms with Gasteiger partial charge < -0.3 is 15.0 Å². The lowest BCUT2D eigenvalue weighted by Crippen LogP contribution is -2.25. The van der Waals surface area contributed by atoms with E-state index in [0.29, 0.717) is 21.0 Å². The number of ether oxygens (including phenoxy) is 1. The van der Waals surface area contributed by atoms with Gasteiger partial charge in [0.05, 0.1) is 17.9 Å². The van der Waals surface area contributed by atoms with Gasteiger partial charge in [0, 0.05) is 13.1 Å². The monoisotopic (exact) mass is 397 g/mol. The fourth-order valence-electron chi connectivity index (χ4n) is 2.41. The topological polar surface area (TPSA) is 82.4 Å². The Morgan fingerprint density at radius 1 is 1.44 bits per heavy atom. The lowest BCUT2D eigenvalue weighted by molar-refractivity contribution is -0.113. The molecule has 1 fully saturated rings. The van der Waals surface area contributed by atoms with Crippen LogP contribution in [0.5, 0.6) is 0 Å². The van der Waals surface area contributed by atoms with E-state index in [9.17, 15) is 14.9 Å². The Bertz CT molecular complexity index is 718. The molecule has 9 heteroatoms. The van der Waals surface area contributed by atoms with Crippen molar-refractivity contribution in [3.8, 4) is 6.07 Å². The first-order valence-corrected chi connectivity index (χ1v) is 10.1. The van der Waals surface area contributed by atoms with Crippen LogP contribution in [0.25, 0.3) is 0 Å². The van der Waals surface area contributed by atoms with Crippen LogP contribution in [0.2, 0.25) is 0 Å². The Kier molecular flexibility index (Phi) is 7.23. The lowest BCUT2D eigenvalue weighted by Gasteiger charge is -2.17. The van der Waals surface area contributed by atoms with Crippen LogP contribution in [0.1, 0.15) is 40.6 Å². The maximum absolute atomic E-state index is 12.2. The van der Waals surface area contributed by atoms with Gasteiger partial charge >= 0.3 is 5.97 Å². The van der Waals surface area contributed by atoms with E-state index in [-0.39, 0.29) is 18.3 Å². The highest BCUT2D eigenvalue weighted by molar-refractivity contribution is 8.23. The van der Waals surface area contributed by atoms with Gasteiger partial charge in [-0.05, 0) is 32.3 Å². The number of nitrogens with one attached hydrogen (secondary N) is 1. The standard InChI is InChI=1S/C16H19N3O3S3/c1-3-22-15(21)13-10(2)11(8-17)14(25-13)18-12(20)9-24-16(23)19-6-4-5-7-19/h3-7,9H2,1-2H3,(H,18,20). The molecule has 2 rings (SSSR count). The van der Waals surface area contributed by atoms with Gasteiger partial charge in [0.25, 0.3) is 0 Å². The van der Waals surface area contributed by atoms with Gasteiger partial charge in [-0.1, -0.05) is 24.0 Å². The molecule has 1 saturated heterocycles. The summed E-state index contributed by atoms with van der Waals surface area (Å²) in [5.74, 6) is -0.558. The highest BCUT2D eigenvalue weighted by Crippen LogP contribution is 2.33. The first-order valence-electron chi connectivity index (χ1n) is 7.90. The summed E-state index contributed by atoms with van der Waals surface area (Å²) in [5.41, 5.74) is 0.829. The number of thiophene rings is 1. The first-order chi connectivity index (χ1) is 12.0. The molecule has 0 unspecified atom stereocenters. The first kappa shape index (κ1) is 19.7. The molecule has 0 bridgehead atoms. The number of thioether (sulfide) groups is 1. The molecule has 0 radical (unpaired) electrons. The summed E-state index contributed by atoms with van der Waals surface area (Å²) in [6.07, 6.45) is 2.26. The van der Waals surface area contributed by atoms with Crippen molar-refractivity contribution >= 4 is 56.5 Å². The Labute approximate surface area is 160 Å². The third-order valence-corrected chi connectivity index (χ3v) is 6.37. The van der Waals surface area contributed by atoms with Gasteiger partial charge in [-0.2, -0.15) is 5.26 Å². The molecule has 1 aromatic heterocycles. The van der Waals surface area contributed by atoms with Crippen molar-refractivity contribution in [1.29, 1.82) is 5.26 Å². The minimum absolute atomic E-state index is 0.173. The van der Waals surface area contributed by atoms with Crippen LogP contribution in [0, 0.1) is 18.3 Å². The molecule has 1 aliphatic heterocycles. The van der Waals surface area contributed by atoms with Gasteiger partial charge in [0.15, 0.2) is 0 Å². The van der Waals surface area contributed by atoms with Gasteiger partial charge in [0.1, 0.15) is 20.3 Å². The van der Waals surface area contributed by atoms with E-state index in [1.54, 1.807) is 13.8 Å². The van der Waals surface area contributed by atoms with Crippen LogP contribution in [-0.2, 0) is 9.53 Å². The zero-order valence-electron chi connectivity index (χ0n) is 14.1. The van der Waals surface area contributed by atoms with E-state index in [0.717, 1.165) is 41.6 Å². The molecule has 6 nitrogen and oxygen atoms in total. The van der Waals surface area contributed by atoms with Gasteiger partial charge in [-0.25, -0.2) is 4.79 Å². The summed E-state index contributed by atoms with van der Waals surface area (Å²) in [4.78, 5) is 26.6. The number of hydrogen-bond acceptors (Lipinski definition) is 7. The number of esters is 1. The zero-order chi connectivity index (χ0) is 18.4. The molecule has 1 N–H and O–H groups in total. The number of hydrogen-bond donors (Lipinski definition) is 1. The fraction of sp³-hybridized carbons (Fsp3) is 0.500.